The van der Waals surface area contributed by atoms with Crippen molar-refractivity contribution in [2.75, 3.05) is 0 Å². The summed E-state index contributed by atoms with van der Waals surface area (Å²) >= 11 is 6.24. The molecule has 0 fully saturated rings. The van der Waals surface area contributed by atoms with Gasteiger partial charge in [0.2, 0.25) is 0 Å². The second-order valence-corrected chi connectivity index (χ2v) is 7.29. The predicted molar refractivity (Wildman–Crippen MR) is 98.8 cm³/mol. The zero-order valence-corrected chi connectivity index (χ0v) is 14.7. The summed E-state index contributed by atoms with van der Waals surface area (Å²) in [6, 6.07) is 16.5. The van der Waals surface area contributed by atoms with E-state index in [1.807, 2.05) is 36.5 Å². The van der Waals surface area contributed by atoms with E-state index in [9.17, 15) is 4.39 Å². The first-order valence-electron chi connectivity index (χ1n) is 7.87. The van der Waals surface area contributed by atoms with Crippen molar-refractivity contribution in [1.82, 2.24) is 4.98 Å². The fourth-order valence-corrected chi connectivity index (χ4v) is 2.83. The van der Waals surface area contributed by atoms with Crippen molar-refractivity contribution in [3.05, 3.63) is 77.3 Å². The molecule has 24 heavy (non-hydrogen) atoms. The quantitative estimate of drug-likeness (QED) is 0.519. The number of rotatable bonds is 2. The Morgan fingerprint density at radius 3 is 2.33 bits per heavy atom. The molecule has 0 saturated heterocycles. The van der Waals surface area contributed by atoms with Crippen LogP contribution in [0, 0.1) is 5.82 Å². The third-order valence-corrected chi connectivity index (χ3v) is 4.29. The molecule has 3 heteroatoms. The van der Waals surface area contributed by atoms with Gasteiger partial charge in [-0.3, -0.25) is 4.98 Å². The largest absolute Gasteiger partial charge is 0.261 e. The maximum Gasteiger partial charge on any atom is 0.123 e. The third kappa shape index (κ3) is 3.49. The summed E-state index contributed by atoms with van der Waals surface area (Å²) in [4.78, 5) is 4.47. The van der Waals surface area contributed by atoms with Gasteiger partial charge < -0.3 is 0 Å². The fraction of sp³-hybridized carbons (Fsp3) is 0.190. The van der Waals surface area contributed by atoms with Gasteiger partial charge in [0.25, 0.3) is 0 Å². The van der Waals surface area contributed by atoms with Crippen LogP contribution in [-0.2, 0) is 5.41 Å². The summed E-state index contributed by atoms with van der Waals surface area (Å²) in [5.41, 5.74) is 4.76. The fourth-order valence-electron chi connectivity index (χ4n) is 2.61. The van der Waals surface area contributed by atoms with Gasteiger partial charge in [-0.05, 0) is 53.1 Å². The molecule has 0 atom stereocenters. The van der Waals surface area contributed by atoms with Crippen molar-refractivity contribution in [1.29, 1.82) is 0 Å². The van der Waals surface area contributed by atoms with E-state index in [4.69, 9.17) is 11.6 Å². The van der Waals surface area contributed by atoms with Gasteiger partial charge in [0.05, 0.1) is 0 Å². The Morgan fingerprint density at radius 2 is 1.58 bits per heavy atom. The summed E-state index contributed by atoms with van der Waals surface area (Å²) < 4.78 is 13.6. The predicted octanol–water partition coefficient (Wildman–Crippen LogP) is 6.51. The highest BCUT2D eigenvalue weighted by Gasteiger charge is 2.16. The number of hydrogen-bond acceptors (Lipinski definition) is 1. The van der Waals surface area contributed by atoms with Crippen LogP contribution in [0.3, 0.4) is 0 Å². The minimum absolute atomic E-state index is 0.0144. The lowest BCUT2D eigenvalue weighted by Gasteiger charge is -2.18. The lowest BCUT2D eigenvalue weighted by atomic mass is 9.89. The van der Waals surface area contributed by atoms with Gasteiger partial charge in [0, 0.05) is 27.9 Å². The van der Waals surface area contributed by atoms with Crippen LogP contribution in [0.25, 0.3) is 22.3 Å². The van der Waals surface area contributed by atoms with Gasteiger partial charge in [0.1, 0.15) is 5.82 Å². The molecule has 1 aromatic heterocycles. The number of nitrogens with zero attached hydrogens (tertiary/aromatic N) is 1. The molecule has 0 spiro atoms. The summed E-state index contributed by atoms with van der Waals surface area (Å²) in [5.74, 6) is -0.293. The normalized spacial score (nSPS) is 11.5. The molecular weight excluding hydrogens is 321 g/mol. The molecule has 3 rings (SSSR count). The van der Waals surface area contributed by atoms with Crippen LogP contribution in [0.4, 0.5) is 4.39 Å². The summed E-state index contributed by atoms with van der Waals surface area (Å²) in [7, 11) is 0. The van der Waals surface area contributed by atoms with Crippen LogP contribution < -0.4 is 0 Å². The number of hydrogen-bond donors (Lipinski definition) is 0. The Morgan fingerprint density at radius 1 is 0.875 bits per heavy atom. The van der Waals surface area contributed by atoms with Crippen molar-refractivity contribution >= 4 is 11.6 Å². The molecule has 0 aliphatic rings. The number of aromatic nitrogens is 1. The molecule has 0 aliphatic heterocycles. The Balaban J connectivity index is 2.07. The molecule has 0 aliphatic carbocycles. The monoisotopic (exact) mass is 339 g/mol. The standard InChI is InChI=1S/C21H19ClFN/c1-21(2,3)20-12-15(9-10-24-20)14-5-4-6-16(11-14)18-13-17(23)7-8-19(18)22/h4-13H,1-3H3. The maximum absolute atomic E-state index is 13.6. The zero-order valence-electron chi connectivity index (χ0n) is 14.0. The van der Waals surface area contributed by atoms with Crippen molar-refractivity contribution in [3.8, 4) is 22.3 Å². The summed E-state index contributed by atoms with van der Waals surface area (Å²) in [6.07, 6.45) is 1.83. The zero-order chi connectivity index (χ0) is 17.3. The number of pyridine rings is 1. The highest BCUT2D eigenvalue weighted by atomic mass is 35.5. The van der Waals surface area contributed by atoms with Crippen LogP contribution in [0.2, 0.25) is 5.02 Å². The van der Waals surface area contributed by atoms with E-state index in [1.165, 1.54) is 12.1 Å². The minimum atomic E-state index is -0.293. The topological polar surface area (TPSA) is 12.9 Å². The first kappa shape index (κ1) is 16.7. The van der Waals surface area contributed by atoms with Gasteiger partial charge in [0.15, 0.2) is 0 Å². The van der Waals surface area contributed by atoms with E-state index in [1.54, 1.807) is 6.07 Å². The van der Waals surface area contributed by atoms with Gasteiger partial charge in [-0.15, -0.1) is 0 Å². The molecular formula is C21H19ClFN. The smallest absolute Gasteiger partial charge is 0.123 e. The van der Waals surface area contributed by atoms with Crippen molar-refractivity contribution < 1.29 is 4.39 Å². The maximum atomic E-state index is 13.6. The van der Waals surface area contributed by atoms with E-state index < -0.39 is 0 Å². The van der Waals surface area contributed by atoms with Crippen molar-refractivity contribution in [2.24, 2.45) is 0 Å². The molecule has 0 amide bonds. The second kappa shape index (κ2) is 6.37. The Labute approximate surface area is 147 Å². The van der Waals surface area contributed by atoms with Crippen LogP contribution in [0.15, 0.2) is 60.8 Å². The summed E-state index contributed by atoms with van der Waals surface area (Å²) in [5, 5.41) is 0.540. The first-order chi connectivity index (χ1) is 11.3. The van der Waals surface area contributed by atoms with Crippen LogP contribution in [-0.4, -0.2) is 4.98 Å². The highest BCUT2D eigenvalue weighted by molar-refractivity contribution is 6.33. The van der Waals surface area contributed by atoms with Gasteiger partial charge in [-0.2, -0.15) is 0 Å². The molecule has 122 valence electrons. The number of benzene rings is 2. The van der Waals surface area contributed by atoms with Crippen molar-refractivity contribution in [3.63, 3.8) is 0 Å². The first-order valence-corrected chi connectivity index (χ1v) is 8.25. The molecule has 0 radical (unpaired) electrons. The van der Waals surface area contributed by atoms with E-state index >= 15 is 0 Å². The van der Waals surface area contributed by atoms with E-state index in [2.05, 4.69) is 31.8 Å². The molecule has 3 aromatic rings. The Hall–Kier alpha value is -2.19. The van der Waals surface area contributed by atoms with Gasteiger partial charge in [-0.25, -0.2) is 4.39 Å². The molecule has 1 nitrogen and oxygen atoms in total. The highest BCUT2D eigenvalue weighted by Crippen LogP contribution is 2.32. The molecule has 2 aromatic carbocycles. The van der Waals surface area contributed by atoms with E-state index in [0.29, 0.717) is 10.6 Å². The van der Waals surface area contributed by atoms with Crippen LogP contribution in [0.5, 0.6) is 0 Å². The average molecular weight is 340 g/mol. The van der Waals surface area contributed by atoms with Gasteiger partial charge >= 0.3 is 0 Å². The average Bonchev–Trinajstić information content (AvgIpc) is 2.56. The van der Waals surface area contributed by atoms with E-state index in [-0.39, 0.29) is 11.2 Å². The summed E-state index contributed by atoms with van der Waals surface area (Å²) in [6.45, 7) is 6.42. The Bertz CT molecular complexity index is 881. The second-order valence-electron chi connectivity index (χ2n) is 6.88. The number of halogens is 2. The lowest BCUT2D eigenvalue weighted by molar-refractivity contribution is 0.569. The molecule has 0 N–H and O–H groups in total. The molecule has 0 saturated carbocycles. The van der Waals surface area contributed by atoms with Gasteiger partial charge in [-0.1, -0.05) is 50.6 Å². The van der Waals surface area contributed by atoms with E-state index in [0.717, 1.165) is 22.4 Å². The Kier molecular flexibility index (Phi) is 4.42. The van der Waals surface area contributed by atoms with Crippen LogP contribution >= 0.6 is 11.6 Å². The van der Waals surface area contributed by atoms with Crippen LogP contribution in [0.1, 0.15) is 26.5 Å². The molecule has 0 bridgehead atoms. The van der Waals surface area contributed by atoms with Crippen molar-refractivity contribution in [2.45, 2.75) is 26.2 Å². The molecule has 1 heterocycles. The SMILES string of the molecule is CC(C)(C)c1cc(-c2cccc(-c3cc(F)ccc3Cl)c2)ccn1. The lowest BCUT2D eigenvalue weighted by Crippen LogP contribution is -2.13. The third-order valence-electron chi connectivity index (χ3n) is 3.96. The minimum Gasteiger partial charge on any atom is -0.261 e. The molecule has 0 unspecified atom stereocenters.